The highest BCUT2D eigenvalue weighted by Crippen LogP contribution is 2.55. The van der Waals surface area contributed by atoms with Gasteiger partial charge < -0.3 is 55.4 Å². The number of unbranched alkanes of at least 4 members (excludes halogenated alkanes) is 4. The zero-order chi connectivity index (χ0) is 35.9. The maximum Gasteiger partial charge on any atom is 0.132 e. The van der Waals surface area contributed by atoms with Crippen molar-refractivity contribution in [1.29, 1.82) is 0 Å². The number of benzene rings is 4. The van der Waals surface area contributed by atoms with Crippen LogP contribution in [0.25, 0.3) is 0 Å². The van der Waals surface area contributed by atoms with Crippen molar-refractivity contribution in [3.8, 4) is 0 Å². The minimum Gasteiger partial charge on any atom is -1.00 e. The van der Waals surface area contributed by atoms with Gasteiger partial charge in [0.2, 0.25) is 0 Å². The summed E-state index contributed by atoms with van der Waals surface area (Å²) in [5.74, 6) is 0. The molecule has 0 amide bonds. The molecule has 0 heterocycles. The standard InChI is InChI=1S/C21H22P.C16H36N.C9H14N.5BrH/c1-2-18-22(19-12-6-3-7-13-19,20-14-8-4-9-15-20)21-16-10-5-11-17-21;1-5-9-13-17(14-10-6-2,15-11-7-3)16-12-8-4;1-10(2,3)9-7-5-4-6-8-9;;;;;/h3-17H,2,18H2,1H3;5-16H2,1-4H3;4-8H,1-3H3;5*1H/q3*+1;;;;;/p-3. The van der Waals surface area contributed by atoms with Gasteiger partial charge in [0.25, 0.3) is 0 Å². The molecule has 4 rings (SSSR count). The predicted octanol–water partition coefficient (Wildman–Crippen LogP) is 3.45. The van der Waals surface area contributed by atoms with E-state index in [4.69, 9.17) is 0 Å². The van der Waals surface area contributed by atoms with Crippen molar-refractivity contribution >= 4 is 62.8 Å². The largest absolute Gasteiger partial charge is 1.00 e. The Hall–Kier alpha value is -0.370. The van der Waals surface area contributed by atoms with Gasteiger partial charge in [0.1, 0.15) is 28.9 Å². The van der Waals surface area contributed by atoms with Gasteiger partial charge in [-0.25, -0.2) is 0 Å². The van der Waals surface area contributed by atoms with Gasteiger partial charge in [-0.15, -0.1) is 34.0 Å². The first-order valence-electron chi connectivity index (χ1n) is 19.5. The van der Waals surface area contributed by atoms with E-state index in [2.05, 4.69) is 171 Å². The van der Waals surface area contributed by atoms with E-state index in [0.29, 0.717) is 0 Å². The zero-order valence-electron chi connectivity index (χ0n) is 34.7. The number of hydrogen-bond acceptors (Lipinski definition) is 0. The summed E-state index contributed by atoms with van der Waals surface area (Å²) in [6.07, 6.45) is 13.5. The fraction of sp³-hybridized carbons (Fsp3) is 0.478. The quantitative estimate of drug-likeness (QED) is 0.106. The maximum absolute atomic E-state index is 2.33. The summed E-state index contributed by atoms with van der Waals surface area (Å²) in [5.41, 5.74) is 1.34. The van der Waals surface area contributed by atoms with Crippen molar-refractivity contribution in [3.63, 3.8) is 0 Å². The molecular formula is C46H74Br5N2P. The van der Waals surface area contributed by atoms with E-state index >= 15 is 0 Å². The normalized spacial score (nSPS) is 10.5. The third-order valence-corrected chi connectivity index (χ3v) is 14.3. The number of halogens is 5. The number of quaternary nitrogens is 2. The van der Waals surface area contributed by atoms with Gasteiger partial charge in [-0.05, 0) is 80.6 Å². The Morgan fingerprint density at radius 3 is 0.852 bits per heavy atom. The number of rotatable bonds is 18. The Balaban J connectivity index is -0.000000352. The third kappa shape index (κ3) is 20.9. The van der Waals surface area contributed by atoms with E-state index < -0.39 is 7.26 Å². The Morgan fingerprint density at radius 1 is 0.389 bits per heavy atom. The van der Waals surface area contributed by atoms with Crippen molar-refractivity contribution in [1.82, 2.24) is 4.48 Å². The number of hydrogen-bond donors (Lipinski definition) is 0. The minimum absolute atomic E-state index is 0. The number of para-hydroxylation sites is 1. The molecule has 308 valence electrons. The van der Waals surface area contributed by atoms with E-state index in [9.17, 15) is 0 Å². The molecule has 54 heavy (non-hydrogen) atoms. The van der Waals surface area contributed by atoms with Crippen LogP contribution in [0.2, 0.25) is 0 Å². The predicted molar refractivity (Wildman–Crippen MR) is 246 cm³/mol. The lowest BCUT2D eigenvalue weighted by Gasteiger charge is -2.39. The molecule has 0 atom stereocenters. The second-order valence-corrected chi connectivity index (χ2v) is 18.2. The van der Waals surface area contributed by atoms with E-state index in [0.717, 1.165) is 4.48 Å². The van der Waals surface area contributed by atoms with Crippen LogP contribution in [0.3, 0.4) is 0 Å². The Kier molecular flexibility index (Phi) is 38.7. The average molecular weight is 1090 g/mol. The molecule has 4 aromatic rings. The summed E-state index contributed by atoms with van der Waals surface area (Å²) in [6.45, 7) is 17.3. The van der Waals surface area contributed by atoms with Gasteiger partial charge >= 0.3 is 0 Å². The molecule has 4 aromatic carbocycles. The van der Waals surface area contributed by atoms with E-state index in [1.807, 2.05) is 6.07 Å². The highest BCUT2D eigenvalue weighted by atomic mass is 79.9. The van der Waals surface area contributed by atoms with Crippen molar-refractivity contribution in [2.75, 3.05) is 53.5 Å². The Morgan fingerprint density at radius 2 is 0.648 bits per heavy atom. The maximum atomic E-state index is 2.33. The van der Waals surface area contributed by atoms with Gasteiger partial charge in [-0.2, -0.15) is 0 Å². The van der Waals surface area contributed by atoms with Gasteiger partial charge in [0.15, 0.2) is 0 Å². The van der Waals surface area contributed by atoms with Crippen LogP contribution < -0.4 is 71.3 Å². The van der Waals surface area contributed by atoms with Crippen LogP contribution in [0.15, 0.2) is 121 Å². The van der Waals surface area contributed by atoms with E-state index in [1.165, 1.54) is 116 Å². The molecule has 0 spiro atoms. The van der Waals surface area contributed by atoms with Gasteiger partial charge in [0.05, 0.1) is 53.5 Å². The van der Waals surface area contributed by atoms with Crippen LogP contribution >= 0.6 is 41.2 Å². The highest BCUT2D eigenvalue weighted by Gasteiger charge is 2.44. The van der Waals surface area contributed by atoms with Gasteiger partial charge in [0, 0.05) is 0 Å². The van der Waals surface area contributed by atoms with Gasteiger partial charge in [-0.3, -0.25) is 4.48 Å². The van der Waals surface area contributed by atoms with Crippen LogP contribution in [-0.2, 0) is 0 Å². The molecule has 8 heteroatoms. The van der Waals surface area contributed by atoms with Crippen molar-refractivity contribution in [3.05, 3.63) is 121 Å². The lowest BCUT2D eigenvalue weighted by molar-refractivity contribution is -0.929. The SMILES string of the molecule is Br.Br.CCCC[N+](CCCC)(CCCC)CCCC.CCC[P+](c1ccccc1)(c1ccccc1)c1ccccc1.C[N+](C)(C)c1ccccc1.[Br-].[Br-].[Br-]. The van der Waals surface area contributed by atoms with Crippen LogP contribution in [0.5, 0.6) is 0 Å². The van der Waals surface area contributed by atoms with Crippen molar-refractivity contribution in [2.45, 2.75) is 92.4 Å². The average Bonchev–Trinajstić information content (AvgIpc) is 3.15. The van der Waals surface area contributed by atoms with Crippen LogP contribution in [-0.4, -0.2) is 58.0 Å². The Bertz CT molecular complexity index is 1220. The number of nitrogens with zero attached hydrogens (tertiary/aromatic N) is 2. The lowest BCUT2D eigenvalue weighted by Crippen LogP contribution is -3.00. The van der Waals surface area contributed by atoms with Gasteiger partial charge in [-0.1, -0.05) is 133 Å². The minimum atomic E-state index is -1.55. The highest BCUT2D eigenvalue weighted by molar-refractivity contribution is 8.93. The lowest BCUT2D eigenvalue weighted by atomic mass is 10.1. The molecule has 0 aliphatic heterocycles. The molecule has 0 aromatic heterocycles. The molecule has 0 aliphatic carbocycles. The smallest absolute Gasteiger partial charge is 0.132 e. The summed E-state index contributed by atoms with van der Waals surface area (Å²) >= 11 is 0. The Labute approximate surface area is 386 Å². The summed E-state index contributed by atoms with van der Waals surface area (Å²) in [5, 5.41) is 4.44. The first kappa shape index (κ1) is 60.3. The topological polar surface area (TPSA) is 0 Å². The first-order valence-corrected chi connectivity index (χ1v) is 21.5. The van der Waals surface area contributed by atoms with Crippen molar-refractivity contribution in [2.24, 2.45) is 0 Å². The second-order valence-electron chi connectivity index (χ2n) is 14.5. The van der Waals surface area contributed by atoms with Crippen LogP contribution in [0, 0.1) is 0 Å². The molecule has 0 saturated heterocycles. The summed E-state index contributed by atoms with van der Waals surface area (Å²) in [7, 11) is 4.93. The van der Waals surface area contributed by atoms with Crippen LogP contribution in [0.1, 0.15) is 92.4 Å². The summed E-state index contributed by atoms with van der Waals surface area (Å²) < 4.78 is 2.31. The summed E-state index contributed by atoms with van der Waals surface area (Å²) in [4.78, 5) is 0. The monoisotopic (exact) mass is 1080 g/mol. The third-order valence-electron chi connectivity index (χ3n) is 9.62. The zero-order valence-corrected chi connectivity index (χ0v) is 43.8. The second kappa shape index (κ2) is 34.7. The molecule has 0 saturated carbocycles. The molecule has 2 nitrogen and oxygen atoms in total. The molecule has 0 fully saturated rings. The fourth-order valence-corrected chi connectivity index (χ4v) is 11.1. The van der Waals surface area contributed by atoms with E-state index in [-0.39, 0.29) is 84.9 Å². The molecule has 0 N–H and O–H groups in total. The van der Waals surface area contributed by atoms with E-state index in [1.54, 1.807) is 0 Å². The molecule has 0 radical (unpaired) electrons. The molecule has 0 unspecified atom stereocenters. The first-order chi connectivity index (χ1) is 23.7. The molecule has 0 bridgehead atoms. The van der Waals surface area contributed by atoms with Crippen molar-refractivity contribution < 1.29 is 55.4 Å². The summed E-state index contributed by atoms with van der Waals surface area (Å²) in [6, 6.07) is 43.7. The molecule has 0 aliphatic rings. The molecular weight excluding hydrogens is 1010 g/mol. The van der Waals surface area contributed by atoms with Crippen LogP contribution in [0.4, 0.5) is 5.69 Å². The fourth-order valence-electron chi connectivity index (χ4n) is 6.74.